The Bertz CT molecular complexity index is 503. The van der Waals surface area contributed by atoms with E-state index in [4.69, 9.17) is 16.7 Å². The van der Waals surface area contributed by atoms with E-state index in [1.54, 1.807) is 24.3 Å². The number of benzene rings is 1. The van der Waals surface area contributed by atoms with Crippen molar-refractivity contribution >= 4 is 29.2 Å². The van der Waals surface area contributed by atoms with E-state index in [9.17, 15) is 9.59 Å². The van der Waals surface area contributed by atoms with Crippen molar-refractivity contribution in [2.24, 2.45) is 17.8 Å². The van der Waals surface area contributed by atoms with Gasteiger partial charge >= 0.3 is 5.97 Å². The molecular formula is C14H16ClNO3. The number of hydrogen-bond donors (Lipinski definition) is 2. The van der Waals surface area contributed by atoms with Crippen LogP contribution >= 0.6 is 11.6 Å². The van der Waals surface area contributed by atoms with E-state index in [2.05, 4.69) is 5.32 Å². The molecule has 0 bridgehead atoms. The van der Waals surface area contributed by atoms with Crippen LogP contribution in [0.5, 0.6) is 0 Å². The fourth-order valence-electron chi connectivity index (χ4n) is 2.64. The molecule has 1 amide bonds. The molecular weight excluding hydrogens is 266 g/mol. The van der Waals surface area contributed by atoms with Gasteiger partial charge in [-0.15, -0.1) is 0 Å². The van der Waals surface area contributed by atoms with Gasteiger partial charge in [0, 0.05) is 0 Å². The molecule has 2 N–H and O–H groups in total. The molecule has 1 aromatic rings. The van der Waals surface area contributed by atoms with Gasteiger partial charge in [0.05, 0.1) is 22.5 Å². The number of carbonyl (C=O) groups excluding carboxylic acids is 1. The highest BCUT2D eigenvalue weighted by Gasteiger charge is 2.41. The van der Waals surface area contributed by atoms with Crippen molar-refractivity contribution in [1.82, 2.24) is 0 Å². The first-order valence-corrected chi connectivity index (χ1v) is 6.65. The summed E-state index contributed by atoms with van der Waals surface area (Å²) in [5.41, 5.74) is 0.526. The predicted molar refractivity (Wildman–Crippen MR) is 73.1 cm³/mol. The van der Waals surface area contributed by atoms with Crippen LogP contribution in [-0.2, 0) is 9.59 Å². The van der Waals surface area contributed by atoms with E-state index in [0.717, 1.165) is 0 Å². The summed E-state index contributed by atoms with van der Waals surface area (Å²) in [5.74, 6) is -1.99. The van der Waals surface area contributed by atoms with E-state index in [1.165, 1.54) is 0 Å². The first-order valence-electron chi connectivity index (χ1n) is 6.27. The summed E-state index contributed by atoms with van der Waals surface area (Å²) < 4.78 is 0. The van der Waals surface area contributed by atoms with Crippen molar-refractivity contribution in [2.75, 3.05) is 5.32 Å². The normalized spacial score (nSPS) is 26.1. The molecule has 1 saturated carbocycles. The number of carbonyl (C=O) groups is 2. The molecule has 1 unspecified atom stereocenters. The quantitative estimate of drug-likeness (QED) is 0.895. The Morgan fingerprint density at radius 3 is 2.53 bits per heavy atom. The Morgan fingerprint density at radius 1 is 1.26 bits per heavy atom. The molecule has 5 heteroatoms. The molecule has 2 rings (SSSR count). The molecule has 1 aromatic carbocycles. The molecule has 0 spiro atoms. The second kappa shape index (κ2) is 5.61. The summed E-state index contributed by atoms with van der Waals surface area (Å²) in [7, 11) is 0. The predicted octanol–water partition coefficient (Wildman–Crippen LogP) is 3.03. The second-order valence-electron chi connectivity index (χ2n) is 5.10. The number of rotatable bonds is 3. The molecule has 1 aliphatic carbocycles. The van der Waals surface area contributed by atoms with E-state index in [0.29, 0.717) is 23.6 Å². The Labute approximate surface area is 116 Å². The Kier molecular flexibility index (Phi) is 4.10. The van der Waals surface area contributed by atoms with Crippen molar-refractivity contribution in [3.63, 3.8) is 0 Å². The van der Waals surface area contributed by atoms with Gasteiger partial charge in [0.1, 0.15) is 0 Å². The molecule has 0 saturated heterocycles. The zero-order valence-corrected chi connectivity index (χ0v) is 11.4. The van der Waals surface area contributed by atoms with Crippen LogP contribution in [0.2, 0.25) is 5.02 Å². The highest BCUT2D eigenvalue weighted by Crippen LogP contribution is 2.37. The number of para-hydroxylation sites is 1. The van der Waals surface area contributed by atoms with Crippen LogP contribution in [0, 0.1) is 17.8 Å². The maximum absolute atomic E-state index is 12.2. The van der Waals surface area contributed by atoms with Crippen LogP contribution in [0.3, 0.4) is 0 Å². The second-order valence-corrected chi connectivity index (χ2v) is 5.50. The van der Waals surface area contributed by atoms with Crippen molar-refractivity contribution in [1.29, 1.82) is 0 Å². The highest BCUT2D eigenvalue weighted by atomic mass is 35.5. The van der Waals surface area contributed by atoms with Crippen LogP contribution in [0.15, 0.2) is 24.3 Å². The third kappa shape index (κ3) is 3.07. The van der Waals surface area contributed by atoms with Crippen LogP contribution in [-0.4, -0.2) is 17.0 Å². The number of hydrogen-bond acceptors (Lipinski definition) is 2. The van der Waals surface area contributed by atoms with Gasteiger partial charge in [-0.1, -0.05) is 30.7 Å². The standard InChI is InChI=1S/C14H16ClNO3/c1-8-6-9(10(7-8)14(18)19)13(17)16-12-5-3-2-4-11(12)15/h2-5,8-10H,6-7H2,1H3,(H,16,17)(H,18,19)/t8?,9-,10+/m0/s1. The number of amides is 1. The van der Waals surface area contributed by atoms with Gasteiger partial charge in [-0.05, 0) is 30.9 Å². The van der Waals surface area contributed by atoms with Gasteiger partial charge in [-0.25, -0.2) is 0 Å². The van der Waals surface area contributed by atoms with Gasteiger partial charge in [0.25, 0.3) is 0 Å². The number of halogens is 1. The monoisotopic (exact) mass is 281 g/mol. The highest BCUT2D eigenvalue weighted by molar-refractivity contribution is 6.33. The van der Waals surface area contributed by atoms with Crippen LogP contribution in [0.4, 0.5) is 5.69 Å². The zero-order valence-electron chi connectivity index (χ0n) is 10.6. The molecule has 0 aromatic heterocycles. The van der Waals surface area contributed by atoms with E-state index >= 15 is 0 Å². The van der Waals surface area contributed by atoms with Crippen molar-refractivity contribution in [3.05, 3.63) is 29.3 Å². The molecule has 3 atom stereocenters. The third-order valence-corrected chi connectivity index (χ3v) is 3.91. The number of aliphatic carboxylic acids is 1. The van der Waals surface area contributed by atoms with E-state index in [-0.39, 0.29) is 11.8 Å². The SMILES string of the molecule is CC1C[C@H](C(=O)Nc2ccccc2Cl)[C@H](C(=O)O)C1. The summed E-state index contributed by atoms with van der Waals surface area (Å²) in [5, 5.41) is 12.3. The van der Waals surface area contributed by atoms with Gasteiger partial charge in [0.2, 0.25) is 5.91 Å². The summed E-state index contributed by atoms with van der Waals surface area (Å²) >= 11 is 5.97. The largest absolute Gasteiger partial charge is 0.481 e. The lowest BCUT2D eigenvalue weighted by atomic mass is 9.95. The smallest absolute Gasteiger partial charge is 0.307 e. The minimum absolute atomic E-state index is 0.253. The van der Waals surface area contributed by atoms with E-state index in [1.807, 2.05) is 6.92 Å². The summed E-state index contributed by atoms with van der Waals surface area (Å²) in [6.45, 7) is 1.97. The molecule has 0 radical (unpaired) electrons. The van der Waals surface area contributed by atoms with Gasteiger partial charge in [-0.2, -0.15) is 0 Å². The number of carboxylic acid groups (broad SMARTS) is 1. The third-order valence-electron chi connectivity index (χ3n) is 3.58. The van der Waals surface area contributed by atoms with Crippen LogP contribution in [0.25, 0.3) is 0 Å². The lowest BCUT2D eigenvalue weighted by Crippen LogP contribution is -2.30. The fourth-order valence-corrected chi connectivity index (χ4v) is 2.83. The van der Waals surface area contributed by atoms with Gasteiger partial charge in [0.15, 0.2) is 0 Å². The van der Waals surface area contributed by atoms with Crippen molar-refractivity contribution in [3.8, 4) is 0 Å². The first-order chi connectivity index (χ1) is 8.99. The molecule has 4 nitrogen and oxygen atoms in total. The average molecular weight is 282 g/mol. The molecule has 0 heterocycles. The maximum atomic E-state index is 12.2. The Hall–Kier alpha value is -1.55. The number of nitrogens with one attached hydrogen (secondary N) is 1. The maximum Gasteiger partial charge on any atom is 0.307 e. The number of anilines is 1. The Morgan fingerprint density at radius 2 is 1.89 bits per heavy atom. The summed E-state index contributed by atoms with van der Waals surface area (Å²) in [4.78, 5) is 23.4. The first kappa shape index (κ1) is 13.9. The van der Waals surface area contributed by atoms with Crippen molar-refractivity contribution in [2.45, 2.75) is 19.8 Å². The molecule has 102 valence electrons. The summed E-state index contributed by atoms with van der Waals surface area (Å²) in [6.07, 6.45) is 1.16. The Balaban J connectivity index is 2.11. The van der Waals surface area contributed by atoms with Crippen molar-refractivity contribution < 1.29 is 14.7 Å². The number of carboxylic acids is 1. The minimum atomic E-state index is -0.899. The molecule has 19 heavy (non-hydrogen) atoms. The minimum Gasteiger partial charge on any atom is -0.481 e. The molecule has 0 aliphatic heterocycles. The topological polar surface area (TPSA) is 66.4 Å². The van der Waals surface area contributed by atoms with E-state index < -0.39 is 17.8 Å². The van der Waals surface area contributed by atoms with Gasteiger partial charge < -0.3 is 10.4 Å². The van der Waals surface area contributed by atoms with Gasteiger partial charge in [-0.3, -0.25) is 9.59 Å². The molecule has 1 fully saturated rings. The zero-order chi connectivity index (χ0) is 14.0. The molecule has 1 aliphatic rings. The average Bonchev–Trinajstić information content (AvgIpc) is 2.74. The lowest BCUT2D eigenvalue weighted by Gasteiger charge is -2.16. The summed E-state index contributed by atoms with van der Waals surface area (Å²) in [6, 6.07) is 6.93. The van der Waals surface area contributed by atoms with Crippen LogP contribution < -0.4 is 5.32 Å². The fraction of sp³-hybridized carbons (Fsp3) is 0.429. The lowest BCUT2D eigenvalue weighted by molar-refractivity contribution is -0.145. The van der Waals surface area contributed by atoms with Crippen LogP contribution in [0.1, 0.15) is 19.8 Å².